The Labute approximate surface area is 101 Å². The molecule has 2 N–H and O–H groups in total. The van der Waals surface area contributed by atoms with E-state index in [1.807, 2.05) is 27.7 Å². The van der Waals surface area contributed by atoms with E-state index in [2.05, 4.69) is 15.6 Å². The normalized spacial score (nSPS) is 10.7. The second-order valence-electron chi connectivity index (χ2n) is 4.44. The SMILES string of the molecule is CC(C)Nc1cc(NC(C)C)c([N+](=O)[O-])cn1. The van der Waals surface area contributed by atoms with Gasteiger partial charge in [0.1, 0.15) is 17.7 Å². The van der Waals surface area contributed by atoms with Crippen molar-refractivity contribution in [3.63, 3.8) is 0 Å². The van der Waals surface area contributed by atoms with E-state index in [9.17, 15) is 10.1 Å². The van der Waals surface area contributed by atoms with Crippen molar-refractivity contribution in [2.45, 2.75) is 39.8 Å². The molecule has 0 unspecified atom stereocenters. The Bertz CT molecular complexity index is 404. The highest BCUT2D eigenvalue weighted by molar-refractivity contribution is 5.65. The van der Waals surface area contributed by atoms with Gasteiger partial charge in [-0.05, 0) is 27.7 Å². The zero-order valence-electron chi connectivity index (χ0n) is 10.5. The molecule has 0 aliphatic heterocycles. The Kier molecular flexibility index (Phi) is 4.25. The molecule has 0 aromatic carbocycles. The molecule has 1 aromatic heterocycles. The van der Waals surface area contributed by atoms with Crippen LogP contribution in [0.2, 0.25) is 0 Å². The zero-order chi connectivity index (χ0) is 13.0. The lowest BCUT2D eigenvalue weighted by atomic mass is 10.3. The Morgan fingerprint density at radius 2 is 1.82 bits per heavy atom. The van der Waals surface area contributed by atoms with Crippen LogP contribution in [0, 0.1) is 10.1 Å². The van der Waals surface area contributed by atoms with Crippen LogP contribution in [0.5, 0.6) is 0 Å². The summed E-state index contributed by atoms with van der Waals surface area (Å²) in [5.41, 5.74) is 0.483. The third-order valence-electron chi connectivity index (χ3n) is 1.96. The van der Waals surface area contributed by atoms with Crippen LogP contribution in [-0.4, -0.2) is 22.0 Å². The summed E-state index contributed by atoms with van der Waals surface area (Å²) < 4.78 is 0. The van der Waals surface area contributed by atoms with E-state index in [-0.39, 0.29) is 17.8 Å². The van der Waals surface area contributed by atoms with E-state index in [1.54, 1.807) is 6.07 Å². The average molecular weight is 238 g/mol. The Morgan fingerprint density at radius 3 is 2.29 bits per heavy atom. The minimum atomic E-state index is -0.434. The fourth-order valence-electron chi connectivity index (χ4n) is 1.39. The van der Waals surface area contributed by atoms with Gasteiger partial charge in [-0.3, -0.25) is 10.1 Å². The van der Waals surface area contributed by atoms with Gasteiger partial charge in [-0.25, -0.2) is 4.98 Å². The summed E-state index contributed by atoms with van der Waals surface area (Å²) >= 11 is 0. The second-order valence-corrected chi connectivity index (χ2v) is 4.44. The number of anilines is 2. The number of nitrogens with zero attached hydrogens (tertiary/aromatic N) is 2. The van der Waals surface area contributed by atoms with Crippen molar-refractivity contribution in [3.8, 4) is 0 Å². The van der Waals surface area contributed by atoms with Gasteiger partial charge in [-0.15, -0.1) is 0 Å². The summed E-state index contributed by atoms with van der Waals surface area (Å²) in [6.45, 7) is 7.83. The molecular weight excluding hydrogens is 220 g/mol. The molecular formula is C11H18N4O2. The largest absolute Gasteiger partial charge is 0.377 e. The van der Waals surface area contributed by atoms with Crippen LogP contribution in [-0.2, 0) is 0 Å². The molecule has 0 spiro atoms. The molecule has 94 valence electrons. The molecule has 0 bridgehead atoms. The minimum absolute atomic E-state index is 0.00648. The Balaban J connectivity index is 3.05. The van der Waals surface area contributed by atoms with Gasteiger partial charge in [0.15, 0.2) is 0 Å². The molecule has 6 heteroatoms. The maximum absolute atomic E-state index is 10.8. The van der Waals surface area contributed by atoms with Gasteiger partial charge in [0, 0.05) is 18.2 Å². The van der Waals surface area contributed by atoms with E-state index in [4.69, 9.17) is 0 Å². The molecule has 6 nitrogen and oxygen atoms in total. The maximum atomic E-state index is 10.8. The van der Waals surface area contributed by atoms with Crippen molar-refractivity contribution in [3.05, 3.63) is 22.4 Å². The Hall–Kier alpha value is -1.85. The fraction of sp³-hybridized carbons (Fsp3) is 0.545. The van der Waals surface area contributed by atoms with Crippen molar-refractivity contribution >= 4 is 17.2 Å². The molecule has 1 heterocycles. The molecule has 0 amide bonds. The molecule has 0 atom stereocenters. The smallest absolute Gasteiger partial charge is 0.310 e. The highest BCUT2D eigenvalue weighted by atomic mass is 16.6. The van der Waals surface area contributed by atoms with Gasteiger partial charge in [0.05, 0.1) is 4.92 Å². The molecule has 1 rings (SSSR count). The van der Waals surface area contributed by atoms with E-state index in [0.29, 0.717) is 11.5 Å². The number of hydrogen-bond donors (Lipinski definition) is 2. The predicted molar refractivity (Wildman–Crippen MR) is 68.4 cm³/mol. The van der Waals surface area contributed by atoms with Crippen LogP contribution < -0.4 is 10.6 Å². The first-order chi connectivity index (χ1) is 7.90. The van der Waals surface area contributed by atoms with E-state index in [0.717, 1.165) is 0 Å². The number of aromatic nitrogens is 1. The van der Waals surface area contributed by atoms with Gasteiger partial charge in [-0.2, -0.15) is 0 Å². The summed E-state index contributed by atoms with van der Waals surface area (Å²) in [6, 6.07) is 2.02. The Morgan fingerprint density at radius 1 is 1.24 bits per heavy atom. The minimum Gasteiger partial charge on any atom is -0.377 e. The average Bonchev–Trinajstić information content (AvgIpc) is 2.15. The molecule has 0 fully saturated rings. The van der Waals surface area contributed by atoms with E-state index >= 15 is 0 Å². The first-order valence-electron chi connectivity index (χ1n) is 5.57. The van der Waals surface area contributed by atoms with Gasteiger partial charge < -0.3 is 10.6 Å². The number of nitrogens with one attached hydrogen (secondary N) is 2. The monoisotopic (exact) mass is 238 g/mol. The van der Waals surface area contributed by atoms with Crippen molar-refractivity contribution in [1.29, 1.82) is 0 Å². The first-order valence-corrected chi connectivity index (χ1v) is 5.57. The highest BCUT2D eigenvalue weighted by Crippen LogP contribution is 2.26. The van der Waals surface area contributed by atoms with Gasteiger partial charge in [0.2, 0.25) is 0 Å². The summed E-state index contributed by atoms with van der Waals surface area (Å²) in [4.78, 5) is 14.4. The summed E-state index contributed by atoms with van der Waals surface area (Å²) in [5, 5.41) is 17.0. The summed E-state index contributed by atoms with van der Waals surface area (Å²) in [5.74, 6) is 0.633. The standard InChI is InChI=1S/C11H18N4O2/c1-7(2)13-9-5-11(14-8(3)4)12-6-10(9)15(16)17/h5-8H,1-4H3,(H2,12,13,14). The van der Waals surface area contributed by atoms with E-state index in [1.165, 1.54) is 6.20 Å². The van der Waals surface area contributed by atoms with Crippen LogP contribution in [0.25, 0.3) is 0 Å². The van der Waals surface area contributed by atoms with Crippen molar-refractivity contribution in [2.75, 3.05) is 10.6 Å². The molecule has 0 aliphatic carbocycles. The fourth-order valence-corrected chi connectivity index (χ4v) is 1.39. The molecule has 0 saturated heterocycles. The van der Waals surface area contributed by atoms with Crippen LogP contribution in [0.3, 0.4) is 0 Å². The molecule has 17 heavy (non-hydrogen) atoms. The van der Waals surface area contributed by atoms with Crippen LogP contribution in [0.1, 0.15) is 27.7 Å². The summed E-state index contributed by atoms with van der Waals surface area (Å²) in [6.07, 6.45) is 1.27. The molecule has 0 radical (unpaired) electrons. The molecule has 0 aliphatic rings. The highest BCUT2D eigenvalue weighted by Gasteiger charge is 2.16. The van der Waals surface area contributed by atoms with Crippen molar-refractivity contribution in [1.82, 2.24) is 4.98 Å². The predicted octanol–water partition coefficient (Wildman–Crippen LogP) is 2.63. The van der Waals surface area contributed by atoms with Gasteiger partial charge >= 0.3 is 5.69 Å². The van der Waals surface area contributed by atoms with Crippen molar-refractivity contribution in [2.24, 2.45) is 0 Å². The number of rotatable bonds is 5. The van der Waals surface area contributed by atoms with Crippen LogP contribution in [0.15, 0.2) is 12.3 Å². The first kappa shape index (κ1) is 13.2. The second kappa shape index (κ2) is 5.47. The third kappa shape index (κ3) is 3.90. The quantitative estimate of drug-likeness (QED) is 0.609. The number of nitro groups is 1. The van der Waals surface area contributed by atoms with Crippen LogP contribution >= 0.6 is 0 Å². The summed E-state index contributed by atoms with van der Waals surface area (Å²) in [7, 11) is 0. The van der Waals surface area contributed by atoms with Crippen molar-refractivity contribution < 1.29 is 4.92 Å². The zero-order valence-corrected chi connectivity index (χ0v) is 10.5. The van der Waals surface area contributed by atoms with Gasteiger partial charge in [0.25, 0.3) is 0 Å². The lowest BCUT2D eigenvalue weighted by molar-refractivity contribution is -0.384. The van der Waals surface area contributed by atoms with Crippen LogP contribution in [0.4, 0.5) is 17.2 Å². The lowest BCUT2D eigenvalue weighted by Crippen LogP contribution is -2.14. The van der Waals surface area contributed by atoms with Gasteiger partial charge in [-0.1, -0.05) is 0 Å². The lowest BCUT2D eigenvalue weighted by Gasteiger charge is -2.13. The maximum Gasteiger partial charge on any atom is 0.310 e. The number of pyridine rings is 1. The topological polar surface area (TPSA) is 80.1 Å². The molecule has 0 saturated carbocycles. The molecule has 1 aromatic rings. The number of hydrogen-bond acceptors (Lipinski definition) is 5. The third-order valence-corrected chi connectivity index (χ3v) is 1.96. The van der Waals surface area contributed by atoms with E-state index < -0.39 is 4.92 Å².